The van der Waals surface area contributed by atoms with E-state index in [9.17, 15) is 9.59 Å². The van der Waals surface area contributed by atoms with Crippen molar-refractivity contribution in [1.29, 1.82) is 0 Å². The van der Waals surface area contributed by atoms with Gasteiger partial charge in [0, 0.05) is 12.6 Å². The van der Waals surface area contributed by atoms with Crippen molar-refractivity contribution < 1.29 is 9.59 Å². The first kappa shape index (κ1) is 12.6. The summed E-state index contributed by atoms with van der Waals surface area (Å²) in [5.41, 5.74) is -0.554. The number of nitrogens with zero attached hydrogens (tertiary/aromatic N) is 2. The van der Waals surface area contributed by atoms with Gasteiger partial charge in [-0.25, -0.2) is 0 Å². The second kappa shape index (κ2) is 4.45. The Balaban J connectivity index is 1.60. The van der Waals surface area contributed by atoms with E-state index in [1.54, 1.807) is 0 Å². The van der Waals surface area contributed by atoms with E-state index in [1.807, 2.05) is 4.90 Å². The van der Waals surface area contributed by atoms with Crippen LogP contribution in [0.25, 0.3) is 0 Å². The van der Waals surface area contributed by atoms with Crippen LogP contribution in [0, 0.1) is 5.92 Å². The van der Waals surface area contributed by atoms with E-state index < -0.39 is 5.54 Å². The van der Waals surface area contributed by atoms with Crippen LogP contribution in [0.4, 0.5) is 0 Å². The Hall–Kier alpha value is -1.10. The Labute approximate surface area is 119 Å². The number of carbonyl (C=O) groups excluding carboxylic acids is 2. The standard InChI is InChI=1S/C15H23N3O2/c19-13-10-18(12-9-17-7-3-11(12)4-8-17)14(20)15(16-13)5-1-2-6-15/h11-12H,1-10H2,(H,16,19). The van der Waals surface area contributed by atoms with Gasteiger partial charge in [0.25, 0.3) is 0 Å². The van der Waals surface area contributed by atoms with Crippen molar-refractivity contribution in [2.24, 2.45) is 5.92 Å². The van der Waals surface area contributed by atoms with Gasteiger partial charge >= 0.3 is 0 Å². The number of piperazine rings is 1. The molecule has 0 radical (unpaired) electrons. The maximum Gasteiger partial charge on any atom is 0.249 e. The number of hydrogen-bond acceptors (Lipinski definition) is 3. The first-order valence-corrected chi connectivity index (χ1v) is 8.02. The highest BCUT2D eigenvalue weighted by molar-refractivity contribution is 5.98. The lowest BCUT2D eigenvalue weighted by Crippen LogP contribution is -2.70. The maximum absolute atomic E-state index is 13.0. The summed E-state index contributed by atoms with van der Waals surface area (Å²) < 4.78 is 0. The number of amides is 2. The Kier molecular flexibility index (Phi) is 2.81. The van der Waals surface area contributed by atoms with E-state index in [0.717, 1.165) is 32.2 Å². The molecule has 5 nitrogen and oxygen atoms in total. The van der Waals surface area contributed by atoms with E-state index in [-0.39, 0.29) is 24.4 Å². The molecule has 1 N–H and O–H groups in total. The lowest BCUT2D eigenvalue weighted by molar-refractivity contribution is -0.156. The fourth-order valence-electron chi connectivity index (χ4n) is 4.73. The molecule has 1 aliphatic carbocycles. The Morgan fingerprint density at radius 3 is 2.40 bits per heavy atom. The monoisotopic (exact) mass is 277 g/mol. The highest BCUT2D eigenvalue weighted by atomic mass is 16.2. The van der Waals surface area contributed by atoms with E-state index >= 15 is 0 Å². The number of carbonyl (C=O) groups is 2. The summed E-state index contributed by atoms with van der Waals surface area (Å²) in [5, 5.41) is 3.01. The minimum absolute atomic E-state index is 0.0444. The SMILES string of the molecule is O=C1CN(C2CN3CCC2CC3)C(=O)C2(CCCC2)N1. The van der Waals surface area contributed by atoms with Crippen LogP contribution in [0.2, 0.25) is 0 Å². The van der Waals surface area contributed by atoms with Crippen LogP contribution in [0.1, 0.15) is 38.5 Å². The van der Waals surface area contributed by atoms with E-state index in [2.05, 4.69) is 10.2 Å². The van der Waals surface area contributed by atoms with Gasteiger partial charge in [0.2, 0.25) is 11.8 Å². The zero-order valence-electron chi connectivity index (χ0n) is 11.9. The van der Waals surface area contributed by atoms with Gasteiger partial charge in [0.05, 0.1) is 6.54 Å². The molecule has 4 saturated heterocycles. The van der Waals surface area contributed by atoms with E-state index in [1.165, 1.54) is 25.9 Å². The summed E-state index contributed by atoms with van der Waals surface area (Å²) in [6, 6.07) is 0.272. The van der Waals surface area contributed by atoms with E-state index in [4.69, 9.17) is 0 Å². The molecule has 1 spiro atoms. The molecule has 1 unspecified atom stereocenters. The van der Waals surface area contributed by atoms with Gasteiger partial charge in [-0.2, -0.15) is 0 Å². The van der Waals surface area contributed by atoms with Crippen molar-refractivity contribution in [3.63, 3.8) is 0 Å². The minimum Gasteiger partial charge on any atom is -0.340 e. The normalized spacial score (nSPS) is 39.4. The van der Waals surface area contributed by atoms with Crippen molar-refractivity contribution in [2.45, 2.75) is 50.1 Å². The van der Waals surface area contributed by atoms with Gasteiger partial charge in [0.1, 0.15) is 5.54 Å². The lowest BCUT2D eigenvalue weighted by Gasteiger charge is -2.52. The quantitative estimate of drug-likeness (QED) is 0.752. The molecule has 5 rings (SSSR count). The molecule has 1 saturated carbocycles. The molecule has 4 aliphatic heterocycles. The molecular weight excluding hydrogens is 254 g/mol. The fraction of sp³-hybridized carbons (Fsp3) is 0.867. The predicted octanol–water partition coefficient (Wildman–Crippen LogP) is 0.352. The predicted molar refractivity (Wildman–Crippen MR) is 74.0 cm³/mol. The van der Waals surface area contributed by atoms with Crippen molar-refractivity contribution in [1.82, 2.24) is 15.1 Å². The Morgan fingerprint density at radius 1 is 1.10 bits per heavy atom. The second-order valence-electron chi connectivity index (χ2n) is 6.98. The van der Waals surface area contributed by atoms with E-state index in [0.29, 0.717) is 5.92 Å². The highest BCUT2D eigenvalue weighted by Crippen LogP contribution is 2.37. The summed E-state index contributed by atoms with van der Waals surface area (Å²) >= 11 is 0. The first-order valence-electron chi connectivity index (χ1n) is 8.02. The molecule has 0 aromatic heterocycles. The molecule has 4 heterocycles. The smallest absolute Gasteiger partial charge is 0.249 e. The van der Waals surface area contributed by atoms with Gasteiger partial charge in [-0.3, -0.25) is 9.59 Å². The van der Waals surface area contributed by atoms with Gasteiger partial charge in [-0.05, 0) is 44.7 Å². The van der Waals surface area contributed by atoms with Gasteiger partial charge in [-0.15, -0.1) is 0 Å². The number of nitrogens with one attached hydrogen (secondary N) is 1. The second-order valence-corrected chi connectivity index (χ2v) is 6.98. The molecule has 5 aliphatic rings. The van der Waals surface area contributed by atoms with Crippen LogP contribution in [-0.2, 0) is 9.59 Å². The van der Waals surface area contributed by atoms with Crippen molar-refractivity contribution >= 4 is 11.8 Å². The number of fused-ring (bicyclic) bond motifs is 3. The first-order chi connectivity index (χ1) is 9.68. The van der Waals surface area contributed by atoms with Gasteiger partial charge in [0.15, 0.2) is 0 Å². The number of rotatable bonds is 1. The van der Waals surface area contributed by atoms with Crippen LogP contribution in [0.15, 0.2) is 0 Å². The van der Waals surface area contributed by atoms with Crippen LogP contribution in [0.5, 0.6) is 0 Å². The zero-order valence-corrected chi connectivity index (χ0v) is 11.9. The van der Waals surface area contributed by atoms with Crippen molar-refractivity contribution in [3.05, 3.63) is 0 Å². The molecule has 5 fully saturated rings. The van der Waals surface area contributed by atoms with Crippen LogP contribution >= 0.6 is 0 Å². The summed E-state index contributed by atoms with van der Waals surface area (Å²) in [6.45, 7) is 3.58. The third-order valence-electron chi connectivity index (χ3n) is 5.84. The fourth-order valence-corrected chi connectivity index (χ4v) is 4.73. The number of hydrogen-bond donors (Lipinski definition) is 1. The molecular formula is C15H23N3O2. The zero-order chi connectivity index (χ0) is 13.7. The van der Waals surface area contributed by atoms with Crippen molar-refractivity contribution in [2.75, 3.05) is 26.2 Å². The third-order valence-corrected chi connectivity index (χ3v) is 5.84. The summed E-state index contributed by atoms with van der Waals surface area (Å²) in [4.78, 5) is 29.5. The third kappa shape index (κ3) is 1.79. The highest BCUT2D eigenvalue weighted by Gasteiger charge is 2.51. The Morgan fingerprint density at radius 2 is 1.80 bits per heavy atom. The molecule has 5 heteroatoms. The molecule has 0 aromatic rings. The molecule has 2 bridgehead atoms. The average molecular weight is 277 g/mol. The molecule has 1 atom stereocenters. The molecule has 0 aromatic carbocycles. The summed E-state index contributed by atoms with van der Waals surface area (Å²) in [7, 11) is 0. The molecule has 110 valence electrons. The maximum atomic E-state index is 13.0. The largest absolute Gasteiger partial charge is 0.340 e. The molecule has 2 amide bonds. The van der Waals surface area contributed by atoms with Crippen LogP contribution < -0.4 is 5.32 Å². The van der Waals surface area contributed by atoms with Gasteiger partial charge < -0.3 is 15.1 Å². The Bertz CT molecular complexity index is 436. The number of piperidine rings is 3. The minimum atomic E-state index is -0.554. The topological polar surface area (TPSA) is 52.7 Å². The summed E-state index contributed by atoms with van der Waals surface area (Å²) in [6.07, 6.45) is 6.14. The molecule has 20 heavy (non-hydrogen) atoms. The van der Waals surface area contributed by atoms with Crippen molar-refractivity contribution in [3.8, 4) is 0 Å². The van der Waals surface area contributed by atoms with Crippen LogP contribution in [0.3, 0.4) is 0 Å². The average Bonchev–Trinajstić information content (AvgIpc) is 2.93. The lowest BCUT2D eigenvalue weighted by atomic mass is 9.81. The van der Waals surface area contributed by atoms with Crippen LogP contribution in [-0.4, -0.2) is 59.4 Å². The van der Waals surface area contributed by atoms with Gasteiger partial charge in [-0.1, -0.05) is 12.8 Å². The summed E-state index contributed by atoms with van der Waals surface area (Å²) in [5.74, 6) is 0.851.